The molecule has 1 atom stereocenters. The van der Waals surface area contributed by atoms with Crippen LogP contribution >= 0.6 is 0 Å². The first kappa shape index (κ1) is 17.2. The lowest BCUT2D eigenvalue weighted by atomic mass is 10.1. The molecule has 1 amide bonds. The van der Waals surface area contributed by atoms with Crippen LogP contribution in [0.4, 0.5) is 11.6 Å². The van der Waals surface area contributed by atoms with Crippen molar-refractivity contribution in [1.29, 1.82) is 0 Å². The summed E-state index contributed by atoms with van der Waals surface area (Å²) in [4.78, 5) is 11.9. The Morgan fingerprint density at radius 3 is 2.60 bits per heavy atom. The van der Waals surface area contributed by atoms with E-state index in [4.69, 9.17) is 9.47 Å². The van der Waals surface area contributed by atoms with E-state index in [0.717, 1.165) is 31.6 Å². The van der Waals surface area contributed by atoms with Crippen LogP contribution in [-0.2, 0) is 16.0 Å². The van der Waals surface area contributed by atoms with Crippen molar-refractivity contribution in [2.24, 2.45) is 0 Å². The number of carbonyl (C=O) groups is 1. The molecular weight excluding hydrogens is 320 g/mol. The molecule has 0 spiro atoms. The average molecular weight is 342 g/mol. The molecule has 0 bridgehead atoms. The predicted molar refractivity (Wildman–Crippen MR) is 94.8 cm³/mol. The van der Waals surface area contributed by atoms with Gasteiger partial charge in [-0.25, -0.2) is 0 Å². The predicted octanol–water partition coefficient (Wildman–Crippen LogP) is 2.26. The molecule has 132 valence electrons. The number of benzene rings is 1. The first-order valence-corrected chi connectivity index (χ1v) is 8.37. The summed E-state index contributed by atoms with van der Waals surface area (Å²) in [5, 5.41) is 14.0. The number of aromatic nitrogens is 2. The van der Waals surface area contributed by atoms with Gasteiger partial charge in [-0.3, -0.25) is 4.79 Å². The fraction of sp³-hybridized carbons (Fsp3) is 0.389. The number of anilines is 2. The molecule has 7 nitrogen and oxygen atoms in total. The standard InChI is InChI=1S/C18H22N4O3/c1-24-14-6-4-13(5-7-14)10-11-19-16-8-9-17(22-21-16)20-18(23)15-3-2-12-25-15/h4-9,15H,2-3,10-12H2,1H3,(H,19,21)(H,20,22,23). The Hall–Kier alpha value is -2.67. The van der Waals surface area contributed by atoms with Crippen molar-refractivity contribution in [3.8, 4) is 5.75 Å². The number of hydrogen-bond donors (Lipinski definition) is 2. The van der Waals surface area contributed by atoms with Crippen molar-refractivity contribution in [3.05, 3.63) is 42.0 Å². The average Bonchev–Trinajstić information content (AvgIpc) is 3.19. The molecule has 1 aliphatic heterocycles. The zero-order valence-corrected chi connectivity index (χ0v) is 14.2. The van der Waals surface area contributed by atoms with E-state index >= 15 is 0 Å². The Bertz CT molecular complexity index is 682. The van der Waals surface area contributed by atoms with Crippen molar-refractivity contribution in [3.63, 3.8) is 0 Å². The van der Waals surface area contributed by atoms with Crippen LogP contribution in [0.3, 0.4) is 0 Å². The quantitative estimate of drug-likeness (QED) is 0.803. The zero-order valence-electron chi connectivity index (χ0n) is 14.2. The smallest absolute Gasteiger partial charge is 0.254 e. The summed E-state index contributed by atoms with van der Waals surface area (Å²) in [5.74, 6) is 1.79. The van der Waals surface area contributed by atoms with Crippen LogP contribution in [0.15, 0.2) is 36.4 Å². The topological polar surface area (TPSA) is 85.4 Å². The Morgan fingerprint density at radius 2 is 1.96 bits per heavy atom. The Balaban J connectivity index is 1.44. The minimum absolute atomic E-state index is 0.160. The highest BCUT2D eigenvalue weighted by Gasteiger charge is 2.23. The van der Waals surface area contributed by atoms with Crippen LogP contribution in [0.2, 0.25) is 0 Å². The third-order valence-corrected chi connectivity index (χ3v) is 4.02. The number of carbonyl (C=O) groups excluding carboxylic acids is 1. The van der Waals surface area contributed by atoms with E-state index in [0.29, 0.717) is 18.2 Å². The van der Waals surface area contributed by atoms with Gasteiger partial charge in [-0.15, -0.1) is 10.2 Å². The molecule has 2 heterocycles. The van der Waals surface area contributed by atoms with Gasteiger partial charge < -0.3 is 20.1 Å². The Morgan fingerprint density at radius 1 is 1.20 bits per heavy atom. The molecule has 3 rings (SSSR count). The second kappa shape index (κ2) is 8.43. The van der Waals surface area contributed by atoms with Crippen molar-refractivity contribution >= 4 is 17.5 Å². The maximum absolute atomic E-state index is 11.9. The highest BCUT2D eigenvalue weighted by Crippen LogP contribution is 2.15. The molecule has 1 saturated heterocycles. The number of nitrogens with zero attached hydrogens (tertiary/aromatic N) is 2. The number of nitrogens with one attached hydrogen (secondary N) is 2. The molecule has 25 heavy (non-hydrogen) atoms. The monoisotopic (exact) mass is 342 g/mol. The number of rotatable bonds is 7. The highest BCUT2D eigenvalue weighted by molar-refractivity contribution is 5.93. The van der Waals surface area contributed by atoms with Gasteiger partial charge in [0.25, 0.3) is 5.91 Å². The van der Waals surface area contributed by atoms with E-state index in [9.17, 15) is 4.79 Å². The molecule has 1 fully saturated rings. The summed E-state index contributed by atoms with van der Waals surface area (Å²) in [6.45, 7) is 1.38. The molecule has 0 radical (unpaired) electrons. The van der Waals surface area contributed by atoms with Crippen molar-refractivity contribution in [1.82, 2.24) is 10.2 Å². The van der Waals surface area contributed by atoms with E-state index in [1.165, 1.54) is 5.56 Å². The largest absolute Gasteiger partial charge is 0.497 e. The number of methoxy groups -OCH3 is 1. The fourth-order valence-corrected chi connectivity index (χ4v) is 2.61. The molecule has 1 aromatic carbocycles. The molecule has 0 saturated carbocycles. The van der Waals surface area contributed by atoms with Crippen LogP contribution in [0.25, 0.3) is 0 Å². The van der Waals surface area contributed by atoms with E-state index < -0.39 is 0 Å². The minimum Gasteiger partial charge on any atom is -0.497 e. The molecule has 2 N–H and O–H groups in total. The van der Waals surface area contributed by atoms with E-state index in [-0.39, 0.29) is 12.0 Å². The lowest BCUT2D eigenvalue weighted by Crippen LogP contribution is -2.27. The van der Waals surface area contributed by atoms with E-state index in [1.807, 2.05) is 24.3 Å². The third kappa shape index (κ3) is 4.90. The van der Waals surface area contributed by atoms with Gasteiger partial charge in [-0.2, -0.15) is 0 Å². The van der Waals surface area contributed by atoms with E-state index in [2.05, 4.69) is 20.8 Å². The molecule has 0 aliphatic carbocycles. The zero-order chi connectivity index (χ0) is 17.5. The number of hydrogen-bond acceptors (Lipinski definition) is 6. The second-order valence-corrected chi connectivity index (χ2v) is 5.82. The van der Waals surface area contributed by atoms with Gasteiger partial charge in [0.1, 0.15) is 17.7 Å². The van der Waals surface area contributed by atoms with Gasteiger partial charge in [-0.1, -0.05) is 12.1 Å². The third-order valence-electron chi connectivity index (χ3n) is 4.02. The van der Waals surface area contributed by atoms with Crippen molar-refractivity contribution in [2.75, 3.05) is 30.9 Å². The van der Waals surface area contributed by atoms with Gasteiger partial charge in [-0.05, 0) is 49.1 Å². The number of amides is 1. The summed E-state index contributed by atoms with van der Waals surface area (Å²) < 4.78 is 10.5. The first-order chi connectivity index (χ1) is 12.2. The number of ether oxygens (including phenoxy) is 2. The summed E-state index contributed by atoms with van der Waals surface area (Å²) in [5.41, 5.74) is 1.21. The summed E-state index contributed by atoms with van der Waals surface area (Å²) >= 11 is 0. The Labute approximate surface area is 146 Å². The van der Waals surface area contributed by atoms with E-state index in [1.54, 1.807) is 19.2 Å². The van der Waals surface area contributed by atoms with Crippen molar-refractivity contribution < 1.29 is 14.3 Å². The van der Waals surface area contributed by atoms with Crippen LogP contribution in [0.1, 0.15) is 18.4 Å². The summed E-state index contributed by atoms with van der Waals surface area (Å²) in [6.07, 6.45) is 2.16. The SMILES string of the molecule is COc1ccc(CCNc2ccc(NC(=O)C3CCCO3)nn2)cc1. The van der Waals surface area contributed by atoms with Crippen LogP contribution in [-0.4, -0.2) is 42.5 Å². The maximum atomic E-state index is 11.9. The van der Waals surface area contributed by atoms with Crippen LogP contribution in [0.5, 0.6) is 5.75 Å². The van der Waals surface area contributed by atoms with Gasteiger partial charge in [0.15, 0.2) is 5.82 Å². The molecule has 7 heteroatoms. The molecule has 1 aromatic heterocycles. The lowest BCUT2D eigenvalue weighted by molar-refractivity contribution is -0.124. The van der Waals surface area contributed by atoms with Crippen LogP contribution in [0, 0.1) is 0 Å². The van der Waals surface area contributed by atoms with Crippen molar-refractivity contribution in [2.45, 2.75) is 25.4 Å². The molecular formula is C18H22N4O3. The molecule has 1 unspecified atom stereocenters. The van der Waals surface area contributed by atoms with Gasteiger partial charge in [0, 0.05) is 13.2 Å². The minimum atomic E-state index is -0.371. The lowest BCUT2D eigenvalue weighted by Gasteiger charge is -2.10. The Kier molecular flexibility index (Phi) is 5.79. The van der Waals surface area contributed by atoms with Gasteiger partial charge >= 0.3 is 0 Å². The first-order valence-electron chi connectivity index (χ1n) is 8.37. The fourth-order valence-electron chi connectivity index (χ4n) is 2.61. The summed E-state index contributed by atoms with van der Waals surface area (Å²) in [6, 6.07) is 11.5. The van der Waals surface area contributed by atoms with Gasteiger partial charge in [0.2, 0.25) is 0 Å². The highest BCUT2D eigenvalue weighted by atomic mass is 16.5. The molecule has 2 aromatic rings. The second-order valence-electron chi connectivity index (χ2n) is 5.82. The van der Waals surface area contributed by atoms with Gasteiger partial charge in [0.05, 0.1) is 7.11 Å². The molecule has 1 aliphatic rings. The van der Waals surface area contributed by atoms with Crippen LogP contribution < -0.4 is 15.4 Å². The normalized spacial score (nSPS) is 16.4. The summed E-state index contributed by atoms with van der Waals surface area (Å²) in [7, 11) is 1.65. The maximum Gasteiger partial charge on any atom is 0.254 e.